The smallest absolute Gasteiger partial charge is 0.238 e. The quantitative estimate of drug-likeness (QED) is 0.210. The molecule has 3 aromatic heterocycles. The Bertz CT molecular complexity index is 3060. The summed E-state index contributed by atoms with van der Waals surface area (Å²) in [6, 6.07) is 21.5. The van der Waals surface area contributed by atoms with Gasteiger partial charge in [-0.1, -0.05) is 115 Å². The van der Waals surface area contributed by atoms with E-state index in [2.05, 4.69) is 0 Å². The normalized spacial score (nSPS) is 14.8. The van der Waals surface area contributed by atoms with E-state index < -0.39 is 60.4 Å². The van der Waals surface area contributed by atoms with E-state index >= 15 is 0 Å². The highest BCUT2D eigenvalue weighted by molar-refractivity contribution is 6.24. The number of hydrogen-bond donors (Lipinski definition) is 0. The third-order valence-corrected chi connectivity index (χ3v) is 7.56. The summed E-state index contributed by atoms with van der Waals surface area (Å²) in [5.41, 5.74) is 2.54. The maximum absolute atomic E-state index is 9.21. The summed E-state index contributed by atoms with van der Waals surface area (Å²) in [7, 11) is 0. The van der Waals surface area contributed by atoms with Gasteiger partial charge in [0.25, 0.3) is 0 Å². The van der Waals surface area contributed by atoms with Crippen LogP contribution in [0.25, 0.3) is 83.6 Å². The van der Waals surface area contributed by atoms with Crippen LogP contribution in [0.3, 0.4) is 0 Å². The molecular formula is C39H24N4O. The molecule has 6 aromatic carbocycles. The first-order valence-corrected chi connectivity index (χ1v) is 13.8. The van der Waals surface area contributed by atoms with E-state index in [1.165, 1.54) is 4.57 Å². The number of hydrogen-bond acceptors (Lipinski definition) is 4. The van der Waals surface area contributed by atoms with Crippen molar-refractivity contribution in [1.29, 1.82) is 0 Å². The van der Waals surface area contributed by atoms with Crippen molar-refractivity contribution in [2.75, 3.05) is 0 Å². The van der Waals surface area contributed by atoms with Crippen molar-refractivity contribution in [3.63, 3.8) is 0 Å². The van der Waals surface area contributed by atoms with Gasteiger partial charge in [0.05, 0.1) is 30.1 Å². The molecule has 0 aliphatic rings. The van der Waals surface area contributed by atoms with Crippen LogP contribution in [0, 0.1) is 0 Å². The molecule has 0 atom stereocenters. The summed E-state index contributed by atoms with van der Waals surface area (Å²) in [6.07, 6.45) is 0. The van der Waals surface area contributed by atoms with Crippen LogP contribution in [0.5, 0.6) is 0 Å². The minimum absolute atomic E-state index is 0.00959. The Morgan fingerprint density at radius 2 is 1.18 bits per heavy atom. The van der Waals surface area contributed by atoms with Gasteiger partial charge >= 0.3 is 0 Å². The van der Waals surface area contributed by atoms with Gasteiger partial charge in [-0.3, -0.25) is 4.57 Å². The summed E-state index contributed by atoms with van der Waals surface area (Å²) >= 11 is 0. The van der Waals surface area contributed by atoms with Crippen molar-refractivity contribution in [1.82, 2.24) is 19.5 Å². The second-order valence-electron chi connectivity index (χ2n) is 10.1. The Kier molecular flexibility index (Phi) is 3.66. The lowest BCUT2D eigenvalue weighted by atomic mass is 10.0. The van der Waals surface area contributed by atoms with Crippen LogP contribution < -0.4 is 0 Å². The molecule has 0 amide bonds. The van der Waals surface area contributed by atoms with Crippen LogP contribution in [-0.2, 0) is 0 Å². The van der Waals surface area contributed by atoms with E-state index in [4.69, 9.17) is 31.7 Å². The highest BCUT2D eigenvalue weighted by Gasteiger charge is 2.21. The Labute approximate surface area is 266 Å². The molecule has 0 saturated heterocycles. The van der Waals surface area contributed by atoms with Gasteiger partial charge in [0.15, 0.2) is 11.6 Å². The molecular weight excluding hydrogens is 540 g/mol. The van der Waals surface area contributed by atoms with Gasteiger partial charge in [0, 0.05) is 27.3 Å². The first-order valence-electron chi connectivity index (χ1n) is 18.8. The molecule has 44 heavy (non-hydrogen) atoms. The SMILES string of the molecule is [2H]c1c([2H])c([2H])c2c(oc3c([2H])c([2H])c4c5c([2H])c([2H])c([2H])c([2H])c5n(-c5nc(-c6ccccc6)nc(-c6cccc(-c7ccccc7)c6)n5)c4c32)c1[2H]. The predicted molar refractivity (Wildman–Crippen MR) is 178 cm³/mol. The summed E-state index contributed by atoms with van der Waals surface area (Å²) in [5.74, 6) is 0.364. The molecule has 0 aliphatic heterocycles. The van der Waals surface area contributed by atoms with Crippen molar-refractivity contribution in [2.24, 2.45) is 0 Å². The van der Waals surface area contributed by atoms with E-state index in [0.717, 1.165) is 11.1 Å². The lowest BCUT2D eigenvalue weighted by molar-refractivity contribution is 0.669. The molecule has 5 heteroatoms. The molecule has 206 valence electrons. The largest absolute Gasteiger partial charge is 0.456 e. The Morgan fingerprint density at radius 1 is 0.523 bits per heavy atom. The van der Waals surface area contributed by atoms with E-state index in [-0.39, 0.29) is 61.3 Å². The van der Waals surface area contributed by atoms with E-state index in [9.17, 15) is 1.37 Å². The monoisotopic (exact) mass is 574 g/mol. The van der Waals surface area contributed by atoms with Gasteiger partial charge in [0.1, 0.15) is 11.2 Å². The number of nitrogens with zero attached hydrogens (tertiary/aromatic N) is 4. The molecule has 0 saturated carbocycles. The van der Waals surface area contributed by atoms with Crippen LogP contribution in [0.2, 0.25) is 0 Å². The zero-order valence-corrected chi connectivity index (χ0v) is 22.8. The minimum Gasteiger partial charge on any atom is -0.456 e. The molecule has 0 N–H and O–H groups in total. The molecule has 5 nitrogen and oxygen atoms in total. The van der Waals surface area contributed by atoms with Crippen LogP contribution in [0.4, 0.5) is 0 Å². The molecule has 0 aliphatic carbocycles. The molecule has 0 fully saturated rings. The number of aromatic nitrogens is 4. The minimum atomic E-state index is -0.560. The van der Waals surface area contributed by atoms with E-state index in [0.29, 0.717) is 11.1 Å². The summed E-state index contributed by atoms with van der Waals surface area (Å²) in [6.45, 7) is 0. The summed E-state index contributed by atoms with van der Waals surface area (Å²) in [4.78, 5) is 14.7. The Morgan fingerprint density at radius 3 is 2.00 bits per heavy atom. The Hall–Kier alpha value is -6.07. The molecule has 0 unspecified atom stereocenters. The van der Waals surface area contributed by atoms with Gasteiger partial charge in [-0.05, 0) is 41.4 Å². The summed E-state index contributed by atoms with van der Waals surface area (Å²) < 4.78 is 95.4. The lowest BCUT2D eigenvalue weighted by Gasteiger charge is -2.12. The van der Waals surface area contributed by atoms with Gasteiger partial charge in [-0.15, -0.1) is 0 Å². The topological polar surface area (TPSA) is 56.7 Å². The summed E-state index contributed by atoms with van der Waals surface area (Å²) in [5, 5.41) is -0.211. The molecule has 3 heterocycles. The second kappa shape index (κ2) is 9.75. The third-order valence-electron chi connectivity index (χ3n) is 7.56. The highest BCUT2D eigenvalue weighted by Crippen LogP contribution is 2.40. The molecule has 0 spiro atoms. The third kappa shape index (κ3) is 3.83. The van der Waals surface area contributed by atoms with Gasteiger partial charge in [-0.25, -0.2) is 4.98 Å². The van der Waals surface area contributed by atoms with Crippen LogP contribution in [0.1, 0.15) is 13.7 Å². The first kappa shape index (κ1) is 16.5. The fourth-order valence-electron chi connectivity index (χ4n) is 5.59. The first-order chi connectivity index (χ1) is 26.0. The zero-order chi connectivity index (χ0) is 37.7. The standard InChI is InChI=1S/C39H24N4O/c1-3-12-25(13-4-1)27-16-11-17-28(24-27)38-40-37(26-14-5-2-6-15-26)41-39(42-38)43-32-20-9-7-18-29(32)30-22-23-34-35(36(30)43)31-19-8-10-21-33(31)44-34/h1-24H/i7D,8D,9D,10D,18D,19D,20D,21D,22D,23D. The molecule has 0 bridgehead atoms. The van der Waals surface area contributed by atoms with Crippen LogP contribution in [0.15, 0.2) is 150 Å². The lowest BCUT2D eigenvalue weighted by Crippen LogP contribution is -2.06. The molecule has 9 aromatic rings. The van der Waals surface area contributed by atoms with Crippen molar-refractivity contribution in [3.8, 4) is 39.9 Å². The number of rotatable bonds is 4. The average molecular weight is 575 g/mol. The fourth-order valence-corrected chi connectivity index (χ4v) is 5.59. The predicted octanol–water partition coefficient (Wildman–Crippen LogP) is 9.87. The maximum atomic E-state index is 9.21. The second-order valence-corrected chi connectivity index (χ2v) is 10.1. The number of furan rings is 1. The highest BCUT2D eigenvalue weighted by atomic mass is 16.3. The van der Waals surface area contributed by atoms with Crippen LogP contribution in [-0.4, -0.2) is 19.5 Å². The van der Waals surface area contributed by atoms with Crippen molar-refractivity contribution >= 4 is 43.7 Å². The molecule has 0 radical (unpaired) electrons. The average Bonchev–Trinajstić information content (AvgIpc) is 3.78. The fraction of sp³-hybridized carbons (Fsp3) is 0. The molecule has 9 rings (SSSR count). The number of fused-ring (bicyclic) bond motifs is 7. The number of benzene rings is 6. The number of para-hydroxylation sites is 2. The van der Waals surface area contributed by atoms with Crippen LogP contribution >= 0.6 is 0 Å². The Balaban J connectivity index is 1.51. The maximum Gasteiger partial charge on any atom is 0.238 e. The van der Waals surface area contributed by atoms with E-state index in [1.54, 1.807) is 0 Å². The van der Waals surface area contributed by atoms with E-state index in [1.807, 2.05) is 84.9 Å². The van der Waals surface area contributed by atoms with Gasteiger partial charge < -0.3 is 4.42 Å². The van der Waals surface area contributed by atoms with Gasteiger partial charge in [-0.2, -0.15) is 9.97 Å². The van der Waals surface area contributed by atoms with Crippen molar-refractivity contribution < 1.29 is 18.1 Å². The van der Waals surface area contributed by atoms with Crippen molar-refractivity contribution in [3.05, 3.63) is 145 Å². The van der Waals surface area contributed by atoms with Crippen molar-refractivity contribution in [2.45, 2.75) is 0 Å². The zero-order valence-electron chi connectivity index (χ0n) is 32.8. The van der Waals surface area contributed by atoms with Gasteiger partial charge in [0.2, 0.25) is 5.95 Å².